The Morgan fingerprint density at radius 1 is 0.463 bits per heavy atom. The molecule has 0 N–H and O–H groups in total. The molecule has 3 aromatic heterocycles. The highest BCUT2D eigenvalue weighted by Crippen LogP contribution is 2.48. The second kappa shape index (κ2) is 8.32. The Hall–Kier alpha value is -5.37. The fourth-order valence-corrected chi connectivity index (χ4v) is 7.84. The van der Waals surface area contributed by atoms with Gasteiger partial charge in [0.1, 0.15) is 0 Å². The fraction of sp³-hybridized carbons (Fsp3) is 0. The number of fused-ring (bicyclic) bond motifs is 9. The molecule has 0 radical (unpaired) electrons. The van der Waals surface area contributed by atoms with Crippen LogP contribution in [-0.4, -0.2) is 9.13 Å². The van der Waals surface area contributed by atoms with Crippen molar-refractivity contribution in [1.29, 1.82) is 0 Å². The summed E-state index contributed by atoms with van der Waals surface area (Å²) in [4.78, 5) is 4.21. The minimum atomic E-state index is 0.646. The Kier molecular flexibility index (Phi) is 4.55. The average Bonchev–Trinajstić information content (AvgIpc) is 3.68. The topological polar surface area (TPSA) is 14.2 Å². The molecular formula is C37H21N3S. The first kappa shape index (κ1) is 22.4. The van der Waals surface area contributed by atoms with E-state index in [1.54, 1.807) is 11.3 Å². The Bertz CT molecular complexity index is 2450. The van der Waals surface area contributed by atoms with Crippen molar-refractivity contribution < 1.29 is 0 Å². The van der Waals surface area contributed by atoms with Crippen molar-refractivity contribution in [3.8, 4) is 11.4 Å². The van der Waals surface area contributed by atoms with Gasteiger partial charge >= 0.3 is 0 Å². The lowest BCUT2D eigenvalue weighted by molar-refractivity contribution is 1.11. The smallest absolute Gasteiger partial charge is 0.214 e. The van der Waals surface area contributed by atoms with Crippen molar-refractivity contribution in [1.82, 2.24) is 9.13 Å². The molecule has 41 heavy (non-hydrogen) atoms. The minimum absolute atomic E-state index is 0.646. The van der Waals surface area contributed by atoms with E-state index in [1.807, 2.05) is 0 Å². The lowest BCUT2D eigenvalue weighted by Gasteiger charge is -2.20. The second-order valence-electron chi connectivity index (χ2n) is 10.4. The van der Waals surface area contributed by atoms with Crippen molar-refractivity contribution in [2.45, 2.75) is 0 Å². The molecule has 190 valence electrons. The van der Waals surface area contributed by atoms with Gasteiger partial charge in [0.25, 0.3) is 0 Å². The summed E-state index contributed by atoms with van der Waals surface area (Å²) in [5.41, 5.74) is 7.07. The van der Waals surface area contributed by atoms with E-state index < -0.39 is 0 Å². The van der Waals surface area contributed by atoms with Crippen LogP contribution in [0.25, 0.3) is 80.0 Å². The Morgan fingerprint density at radius 3 is 1.37 bits per heavy atom. The Labute approximate surface area is 239 Å². The molecule has 3 heterocycles. The molecule has 0 atom stereocenters. The van der Waals surface area contributed by atoms with E-state index in [1.165, 1.54) is 37.0 Å². The normalized spacial score (nSPS) is 11.9. The van der Waals surface area contributed by atoms with E-state index in [0.29, 0.717) is 5.69 Å². The molecule has 0 saturated heterocycles. The van der Waals surface area contributed by atoms with E-state index in [0.717, 1.165) is 38.1 Å². The molecular weight excluding hydrogens is 518 g/mol. The summed E-state index contributed by atoms with van der Waals surface area (Å²) in [5, 5.41) is 7.17. The maximum absolute atomic E-state index is 8.47. The summed E-state index contributed by atoms with van der Waals surface area (Å²) in [6.07, 6.45) is 0. The van der Waals surface area contributed by atoms with Crippen molar-refractivity contribution in [2.24, 2.45) is 0 Å². The van der Waals surface area contributed by atoms with Crippen LogP contribution in [0, 0.1) is 6.57 Å². The molecule has 0 saturated carbocycles. The number of para-hydroxylation sites is 4. The predicted molar refractivity (Wildman–Crippen MR) is 174 cm³/mol. The SMILES string of the molecule is [C-]#[N+]c1cc2sc3ccccc3c2c(-n2c3ccccc3c3ccccc32)c1-n1c2ccccc2c2ccccc21. The molecule has 0 aliphatic rings. The number of hydrogen-bond acceptors (Lipinski definition) is 1. The van der Waals surface area contributed by atoms with Crippen LogP contribution in [0.4, 0.5) is 5.69 Å². The summed E-state index contributed by atoms with van der Waals surface area (Å²) in [6, 6.07) is 45.1. The van der Waals surface area contributed by atoms with Gasteiger partial charge < -0.3 is 9.13 Å². The molecule has 3 nitrogen and oxygen atoms in total. The third-order valence-corrected chi connectivity index (χ3v) is 9.44. The highest BCUT2D eigenvalue weighted by molar-refractivity contribution is 7.26. The molecule has 0 spiro atoms. The van der Waals surface area contributed by atoms with Gasteiger partial charge in [-0.05, 0) is 36.4 Å². The van der Waals surface area contributed by atoms with Gasteiger partial charge in [-0.1, -0.05) is 91.0 Å². The summed E-state index contributed by atoms with van der Waals surface area (Å²) in [7, 11) is 0. The monoisotopic (exact) mass is 539 g/mol. The first-order valence-electron chi connectivity index (χ1n) is 13.7. The fourth-order valence-electron chi connectivity index (χ4n) is 6.69. The standard InChI is InChI=1S/C37H21N3S/c1-38-28-22-34-35(27-16-6-11-21-33(27)41-34)37(40-31-19-9-4-14-25(31)26-15-5-10-20-32(26)40)36(28)39-29-17-7-2-12-23(29)24-13-3-8-18-30(24)39/h2-22H. The summed E-state index contributed by atoms with van der Waals surface area (Å²) in [5.74, 6) is 0. The zero-order valence-electron chi connectivity index (χ0n) is 21.9. The zero-order valence-corrected chi connectivity index (χ0v) is 22.7. The van der Waals surface area contributed by atoms with E-state index >= 15 is 0 Å². The van der Waals surface area contributed by atoms with Gasteiger partial charge in [0.05, 0.1) is 40.0 Å². The van der Waals surface area contributed by atoms with E-state index in [9.17, 15) is 0 Å². The highest BCUT2D eigenvalue weighted by Gasteiger charge is 2.25. The molecule has 0 aliphatic carbocycles. The summed E-state index contributed by atoms with van der Waals surface area (Å²) < 4.78 is 7.07. The van der Waals surface area contributed by atoms with Gasteiger partial charge in [0.2, 0.25) is 5.69 Å². The molecule has 0 fully saturated rings. The van der Waals surface area contributed by atoms with Crippen molar-refractivity contribution in [3.63, 3.8) is 0 Å². The third-order valence-electron chi connectivity index (χ3n) is 8.32. The molecule has 6 aromatic carbocycles. The molecule has 0 unspecified atom stereocenters. The molecule has 0 bridgehead atoms. The first-order valence-corrected chi connectivity index (χ1v) is 14.5. The van der Waals surface area contributed by atoms with Crippen LogP contribution >= 0.6 is 11.3 Å². The number of thiophene rings is 1. The van der Waals surface area contributed by atoms with Crippen LogP contribution < -0.4 is 0 Å². The predicted octanol–water partition coefficient (Wildman–Crippen LogP) is 10.8. The maximum atomic E-state index is 8.47. The lowest BCUT2D eigenvalue weighted by atomic mass is 10.1. The van der Waals surface area contributed by atoms with Crippen LogP contribution in [0.5, 0.6) is 0 Å². The quantitative estimate of drug-likeness (QED) is 0.194. The molecule has 0 amide bonds. The van der Waals surface area contributed by atoms with Crippen LogP contribution in [-0.2, 0) is 0 Å². The largest absolute Gasteiger partial charge is 0.317 e. The molecule has 9 aromatic rings. The van der Waals surface area contributed by atoms with Gasteiger partial charge in [-0.3, -0.25) is 0 Å². The Morgan fingerprint density at radius 2 is 0.878 bits per heavy atom. The van der Waals surface area contributed by atoms with Gasteiger partial charge in [-0.2, -0.15) is 0 Å². The average molecular weight is 540 g/mol. The van der Waals surface area contributed by atoms with Crippen LogP contribution in [0.2, 0.25) is 0 Å². The third kappa shape index (κ3) is 2.96. The van der Waals surface area contributed by atoms with Crippen molar-refractivity contribution >= 4 is 80.8 Å². The van der Waals surface area contributed by atoms with E-state index in [2.05, 4.69) is 141 Å². The van der Waals surface area contributed by atoms with Gasteiger partial charge in [0.15, 0.2) is 0 Å². The van der Waals surface area contributed by atoms with E-state index in [4.69, 9.17) is 6.57 Å². The highest BCUT2D eigenvalue weighted by atomic mass is 32.1. The first-order chi connectivity index (χ1) is 20.3. The number of hydrogen-bond donors (Lipinski definition) is 0. The molecule has 9 rings (SSSR count). The lowest BCUT2D eigenvalue weighted by Crippen LogP contribution is -2.04. The maximum Gasteiger partial charge on any atom is 0.214 e. The van der Waals surface area contributed by atoms with Crippen LogP contribution in [0.1, 0.15) is 0 Å². The van der Waals surface area contributed by atoms with Crippen molar-refractivity contribution in [2.75, 3.05) is 0 Å². The van der Waals surface area contributed by atoms with Crippen LogP contribution in [0.3, 0.4) is 0 Å². The number of benzene rings is 6. The second-order valence-corrected chi connectivity index (χ2v) is 11.5. The summed E-state index contributed by atoms with van der Waals surface area (Å²) >= 11 is 1.76. The number of rotatable bonds is 2. The van der Waals surface area contributed by atoms with Gasteiger partial charge in [0, 0.05) is 41.7 Å². The van der Waals surface area contributed by atoms with Gasteiger partial charge in [-0.15, -0.1) is 11.3 Å². The van der Waals surface area contributed by atoms with Crippen LogP contribution in [0.15, 0.2) is 127 Å². The summed E-state index contributed by atoms with van der Waals surface area (Å²) in [6.45, 7) is 8.47. The number of nitrogens with zero attached hydrogens (tertiary/aromatic N) is 3. The number of aromatic nitrogens is 2. The minimum Gasteiger partial charge on any atom is -0.317 e. The molecule has 4 heteroatoms. The van der Waals surface area contributed by atoms with E-state index in [-0.39, 0.29) is 0 Å². The molecule has 0 aliphatic heterocycles. The Balaban J connectivity index is 1.62. The van der Waals surface area contributed by atoms with Crippen molar-refractivity contribution in [3.05, 3.63) is 139 Å². The zero-order chi connectivity index (χ0) is 27.1. The van der Waals surface area contributed by atoms with Gasteiger partial charge in [-0.25, -0.2) is 4.85 Å².